The lowest BCUT2D eigenvalue weighted by atomic mass is 9.93. The number of likely N-dealkylation sites (tertiary alicyclic amines) is 1. The summed E-state index contributed by atoms with van der Waals surface area (Å²) in [5.41, 5.74) is 3.73. The molecule has 1 saturated heterocycles. The Bertz CT molecular complexity index is 1010. The topological polar surface area (TPSA) is 73.4 Å². The second-order valence-electron chi connectivity index (χ2n) is 8.16. The van der Waals surface area contributed by atoms with Gasteiger partial charge in [-0.3, -0.25) is 9.48 Å². The van der Waals surface area contributed by atoms with E-state index in [2.05, 4.69) is 27.9 Å². The highest BCUT2D eigenvalue weighted by molar-refractivity contribution is 5.94. The van der Waals surface area contributed by atoms with Crippen LogP contribution in [0.15, 0.2) is 41.1 Å². The van der Waals surface area contributed by atoms with Gasteiger partial charge in [-0.05, 0) is 57.4 Å². The molecule has 7 nitrogen and oxygen atoms in total. The molecule has 0 aliphatic carbocycles. The van der Waals surface area contributed by atoms with E-state index in [4.69, 9.17) is 9.26 Å². The Morgan fingerprint density at radius 2 is 2.03 bits per heavy atom. The zero-order valence-corrected chi connectivity index (χ0v) is 18.5. The van der Waals surface area contributed by atoms with Gasteiger partial charge in [0, 0.05) is 43.0 Å². The molecule has 0 radical (unpaired) electrons. The highest BCUT2D eigenvalue weighted by Gasteiger charge is 2.26. The van der Waals surface area contributed by atoms with E-state index in [-0.39, 0.29) is 5.91 Å². The van der Waals surface area contributed by atoms with Crippen molar-refractivity contribution >= 4 is 5.91 Å². The van der Waals surface area contributed by atoms with Crippen LogP contribution in [-0.4, -0.2) is 38.8 Å². The van der Waals surface area contributed by atoms with Crippen molar-refractivity contribution in [2.45, 2.75) is 59.1 Å². The number of amides is 1. The van der Waals surface area contributed by atoms with Crippen LogP contribution in [0.3, 0.4) is 0 Å². The number of nitrogens with zero attached hydrogens (tertiary/aromatic N) is 4. The Kier molecular flexibility index (Phi) is 6.39. The molecular weight excluding hydrogens is 392 g/mol. The van der Waals surface area contributed by atoms with E-state index >= 15 is 0 Å². The molecule has 1 amide bonds. The maximum absolute atomic E-state index is 13.1. The standard InChI is InChI=1S/C24H30N4O3/c1-4-12-28-23(8-11-25-28)19-9-13-27(14-10-19)24(29)20-6-5-7-21(15-20)30-16-22-17(2)26-31-18(22)3/h5-8,11,15,19H,4,9-10,12-14,16H2,1-3H3. The largest absolute Gasteiger partial charge is 0.489 e. The lowest BCUT2D eigenvalue weighted by Gasteiger charge is -2.32. The van der Waals surface area contributed by atoms with Crippen molar-refractivity contribution in [2.75, 3.05) is 13.1 Å². The zero-order valence-electron chi connectivity index (χ0n) is 18.5. The van der Waals surface area contributed by atoms with Crippen LogP contribution in [0, 0.1) is 13.8 Å². The van der Waals surface area contributed by atoms with Gasteiger partial charge in [-0.2, -0.15) is 5.10 Å². The molecule has 2 aromatic heterocycles. The van der Waals surface area contributed by atoms with Gasteiger partial charge in [-0.1, -0.05) is 18.1 Å². The third kappa shape index (κ3) is 4.65. The highest BCUT2D eigenvalue weighted by atomic mass is 16.5. The van der Waals surface area contributed by atoms with Crippen molar-refractivity contribution in [3.8, 4) is 5.75 Å². The summed E-state index contributed by atoms with van der Waals surface area (Å²) >= 11 is 0. The first-order valence-electron chi connectivity index (χ1n) is 11.0. The number of rotatable bonds is 7. The minimum absolute atomic E-state index is 0.0586. The molecule has 0 N–H and O–H groups in total. The molecule has 0 saturated carbocycles. The minimum Gasteiger partial charge on any atom is -0.489 e. The summed E-state index contributed by atoms with van der Waals surface area (Å²) in [7, 11) is 0. The molecule has 7 heteroatoms. The van der Waals surface area contributed by atoms with E-state index in [0.29, 0.717) is 23.8 Å². The average molecular weight is 423 g/mol. The normalized spacial score (nSPS) is 14.7. The molecule has 1 fully saturated rings. The number of hydrogen-bond donors (Lipinski definition) is 0. The molecule has 0 bridgehead atoms. The first-order valence-corrected chi connectivity index (χ1v) is 11.0. The summed E-state index contributed by atoms with van der Waals surface area (Å²) < 4.78 is 13.2. The zero-order chi connectivity index (χ0) is 21.8. The van der Waals surface area contributed by atoms with Gasteiger partial charge < -0.3 is 14.2 Å². The summed E-state index contributed by atoms with van der Waals surface area (Å²) in [5, 5.41) is 8.41. The van der Waals surface area contributed by atoms with Gasteiger partial charge >= 0.3 is 0 Å². The van der Waals surface area contributed by atoms with Crippen LogP contribution >= 0.6 is 0 Å². The van der Waals surface area contributed by atoms with E-state index in [1.807, 2.05) is 49.2 Å². The second kappa shape index (κ2) is 9.37. The number of aryl methyl sites for hydroxylation is 3. The fraction of sp³-hybridized carbons (Fsp3) is 0.458. The number of piperidine rings is 1. The summed E-state index contributed by atoms with van der Waals surface area (Å²) in [6, 6.07) is 9.54. The van der Waals surface area contributed by atoms with Gasteiger partial charge in [-0.25, -0.2) is 0 Å². The quantitative estimate of drug-likeness (QED) is 0.561. The van der Waals surface area contributed by atoms with E-state index < -0.39 is 0 Å². The van der Waals surface area contributed by atoms with Crippen molar-refractivity contribution < 1.29 is 14.1 Å². The van der Waals surface area contributed by atoms with Crippen LogP contribution in [0.1, 0.15) is 65.2 Å². The summed E-state index contributed by atoms with van der Waals surface area (Å²) in [6.45, 7) is 8.76. The fourth-order valence-corrected chi connectivity index (χ4v) is 4.23. The molecule has 31 heavy (non-hydrogen) atoms. The number of hydrogen-bond acceptors (Lipinski definition) is 5. The van der Waals surface area contributed by atoms with Crippen molar-refractivity contribution in [1.82, 2.24) is 19.8 Å². The monoisotopic (exact) mass is 422 g/mol. The van der Waals surface area contributed by atoms with Gasteiger partial charge in [0.15, 0.2) is 0 Å². The molecule has 1 aromatic carbocycles. The van der Waals surface area contributed by atoms with Crippen LogP contribution in [0.25, 0.3) is 0 Å². The van der Waals surface area contributed by atoms with E-state index in [9.17, 15) is 4.79 Å². The van der Waals surface area contributed by atoms with Gasteiger partial charge in [0.05, 0.1) is 11.3 Å². The van der Waals surface area contributed by atoms with Crippen LogP contribution in [0.5, 0.6) is 5.75 Å². The first kappa shape index (κ1) is 21.2. The Balaban J connectivity index is 1.37. The molecule has 4 rings (SSSR count). The molecule has 0 unspecified atom stereocenters. The van der Waals surface area contributed by atoms with Crippen LogP contribution in [0.4, 0.5) is 0 Å². The molecule has 3 aromatic rings. The van der Waals surface area contributed by atoms with E-state index in [1.165, 1.54) is 5.69 Å². The van der Waals surface area contributed by atoms with Crippen LogP contribution < -0.4 is 4.74 Å². The maximum atomic E-state index is 13.1. The summed E-state index contributed by atoms with van der Waals surface area (Å²) in [5.74, 6) is 1.95. The minimum atomic E-state index is 0.0586. The van der Waals surface area contributed by atoms with E-state index in [1.54, 1.807) is 0 Å². The Morgan fingerprint density at radius 3 is 2.74 bits per heavy atom. The SMILES string of the molecule is CCCn1nccc1C1CCN(C(=O)c2cccc(OCc3c(C)noc3C)c2)CC1. The number of benzene rings is 1. The van der Waals surface area contributed by atoms with Crippen LogP contribution in [-0.2, 0) is 13.2 Å². The van der Waals surface area contributed by atoms with Crippen molar-refractivity contribution in [1.29, 1.82) is 0 Å². The molecule has 1 aliphatic rings. The van der Waals surface area contributed by atoms with Crippen molar-refractivity contribution in [3.05, 3.63) is 64.8 Å². The molecular formula is C24H30N4O3. The van der Waals surface area contributed by atoms with Gasteiger partial charge in [0.1, 0.15) is 18.1 Å². The van der Waals surface area contributed by atoms with Crippen molar-refractivity contribution in [3.63, 3.8) is 0 Å². The van der Waals surface area contributed by atoms with Crippen LogP contribution in [0.2, 0.25) is 0 Å². The second-order valence-corrected chi connectivity index (χ2v) is 8.16. The number of carbonyl (C=O) groups is 1. The van der Waals surface area contributed by atoms with Gasteiger partial charge in [0.2, 0.25) is 0 Å². The molecule has 164 valence electrons. The fourth-order valence-electron chi connectivity index (χ4n) is 4.23. The molecule has 0 spiro atoms. The number of aromatic nitrogens is 3. The predicted octanol–water partition coefficient (Wildman–Crippen LogP) is 4.50. The molecule has 0 atom stereocenters. The van der Waals surface area contributed by atoms with Gasteiger partial charge in [-0.15, -0.1) is 0 Å². The lowest BCUT2D eigenvalue weighted by molar-refractivity contribution is 0.0710. The number of carbonyl (C=O) groups excluding carboxylic acids is 1. The van der Waals surface area contributed by atoms with E-state index in [0.717, 1.165) is 55.9 Å². The Morgan fingerprint density at radius 1 is 1.23 bits per heavy atom. The highest BCUT2D eigenvalue weighted by Crippen LogP contribution is 2.29. The predicted molar refractivity (Wildman–Crippen MR) is 117 cm³/mol. The Labute approximate surface area is 183 Å². The summed E-state index contributed by atoms with van der Waals surface area (Å²) in [4.78, 5) is 15.0. The third-order valence-electron chi connectivity index (χ3n) is 6.03. The maximum Gasteiger partial charge on any atom is 0.253 e. The summed E-state index contributed by atoms with van der Waals surface area (Å²) in [6.07, 6.45) is 4.88. The lowest BCUT2D eigenvalue weighted by Crippen LogP contribution is -2.38. The molecule has 3 heterocycles. The van der Waals surface area contributed by atoms with Gasteiger partial charge in [0.25, 0.3) is 5.91 Å². The Hall–Kier alpha value is -3.09. The molecule has 1 aliphatic heterocycles. The first-order chi connectivity index (χ1) is 15.1. The third-order valence-corrected chi connectivity index (χ3v) is 6.03. The van der Waals surface area contributed by atoms with Crippen molar-refractivity contribution in [2.24, 2.45) is 0 Å². The number of ether oxygens (including phenoxy) is 1. The average Bonchev–Trinajstić information content (AvgIpc) is 3.38. The smallest absolute Gasteiger partial charge is 0.253 e.